The predicted octanol–water partition coefficient (Wildman–Crippen LogP) is 0.746. The number of hydrogen-bond donors (Lipinski definition) is 2. The number of aromatic nitrogens is 1. The molecule has 1 heterocycles. The molecule has 4 nitrogen and oxygen atoms in total. The summed E-state index contributed by atoms with van der Waals surface area (Å²) in [5, 5.41) is 11.5. The zero-order chi connectivity index (χ0) is 8.27. The SMILES string of the molecule is CC(=O)Nc1cnccc1O. The van der Waals surface area contributed by atoms with Crippen molar-refractivity contribution in [3.8, 4) is 5.75 Å². The third-order valence-corrected chi connectivity index (χ3v) is 1.11. The maximum Gasteiger partial charge on any atom is 0.221 e. The highest BCUT2D eigenvalue weighted by molar-refractivity contribution is 5.89. The van der Waals surface area contributed by atoms with Crippen LogP contribution in [0.3, 0.4) is 0 Å². The van der Waals surface area contributed by atoms with Crippen LogP contribution in [0.25, 0.3) is 0 Å². The average Bonchev–Trinajstić information content (AvgIpc) is 1.93. The topological polar surface area (TPSA) is 62.2 Å². The molecule has 0 saturated heterocycles. The third-order valence-electron chi connectivity index (χ3n) is 1.11. The van der Waals surface area contributed by atoms with Crippen LogP contribution in [0.2, 0.25) is 0 Å². The Morgan fingerprint density at radius 2 is 2.45 bits per heavy atom. The van der Waals surface area contributed by atoms with Crippen molar-refractivity contribution in [3.05, 3.63) is 18.5 Å². The molecule has 0 aliphatic heterocycles. The van der Waals surface area contributed by atoms with Crippen LogP contribution in [0, 0.1) is 0 Å². The minimum atomic E-state index is -0.228. The fourth-order valence-corrected chi connectivity index (χ4v) is 0.673. The Hall–Kier alpha value is -1.58. The first kappa shape index (κ1) is 7.53. The maximum absolute atomic E-state index is 10.5. The normalized spacial score (nSPS) is 9.18. The van der Waals surface area contributed by atoms with Gasteiger partial charge in [-0.3, -0.25) is 9.78 Å². The molecule has 1 aromatic heterocycles. The molecule has 0 bridgehead atoms. The fraction of sp³-hybridized carbons (Fsp3) is 0.143. The summed E-state index contributed by atoms with van der Waals surface area (Å²) in [6, 6.07) is 1.41. The summed E-state index contributed by atoms with van der Waals surface area (Å²) in [5.74, 6) is -0.205. The van der Waals surface area contributed by atoms with E-state index in [9.17, 15) is 4.79 Å². The first-order valence-electron chi connectivity index (χ1n) is 3.10. The summed E-state index contributed by atoms with van der Waals surface area (Å²) >= 11 is 0. The maximum atomic E-state index is 10.5. The van der Waals surface area contributed by atoms with Gasteiger partial charge >= 0.3 is 0 Å². The number of rotatable bonds is 1. The van der Waals surface area contributed by atoms with E-state index in [1.807, 2.05) is 0 Å². The second-order valence-electron chi connectivity index (χ2n) is 2.07. The molecule has 0 saturated carbocycles. The van der Waals surface area contributed by atoms with Crippen molar-refractivity contribution in [1.82, 2.24) is 4.98 Å². The first-order chi connectivity index (χ1) is 5.20. The molecule has 0 fully saturated rings. The van der Waals surface area contributed by atoms with Crippen molar-refractivity contribution in [2.75, 3.05) is 5.32 Å². The molecule has 11 heavy (non-hydrogen) atoms. The third kappa shape index (κ3) is 1.93. The number of pyridine rings is 1. The molecule has 2 N–H and O–H groups in total. The molecule has 0 aliphatic rings. The van der Waals surface area contributed by atoms with Crippen molar-refractivity contribution in [2.24, 2.45) is 0 Å². The number of nitrogens with one attached hydrogen (secondary N) is 1. The number of aromatic hydroxyl groups is 1. The number of anilines is 1. The van der Waals surface area contributed by atoms with Gasteiger partial charge in [-0.2, -0.15) is 0 Å². The van der Waals surface area contributed by atoms with Gasteiger partial charge < -0.3 is 10.4 Å². The predicted molar refractivity (Wildman–Crippen MR) is 40.2 cm³/mol. The van der Waals surface area contributed by atoms with Gasteiger partial charge in [-0.15, -0.1) is 0 Å². The van der Waals surface area contributed by atoms with E-state index in [1.165, 1.54) is 25.4 Å². The van der Waals surface area contributed by atoms with Gasteiger partial charge in [-0.1, -0.05) is 0 Å². The van der Waals surface area contributed by atoms with E-state index in [1.54, 1.807) is 0 Å². The molecule has 4 heteroatoms. The highest BCUT2D eigenvalue weighted by atomic mass is 16.3. The molecular weight excluding hydrogens is 144 g/mol. The number of carbonyl (C=O) groups is 1. The van der Waals surface area contributed by atoms with Crippen LogP contribution in [-0.4, -0.2) is 16.0 Å². The number of amides is 1. The second-order valence-corrected chi connectivity index (χ2v) is 2.07. The molecule has 0 aliphatic carbocycles. The van der Waals surface area contributed by atoms with Crippen molar-refractivity contribution in [2.45, 2.75) is 6.92 Å². The lowest BCUT2D eigenvalue weighted by Gasteiger charge is -2.01. The minimum absolute atomic E-state index is 0.0233. The standard InChI is InChI=1S/C7H8N2O2/c1-5(10)9-6-4-8-3-2-7(6)11/h2-4H,1H3,(H,8,11)(H,9,10). The van der Waals surface area contributed by atoms with E-state index >= 15 is 0 Å². The van der Waals surface area contributed by atoms with Crippen LogP contribution in [0.1, 0.15) is 6.92 Å². The molecule has 0 aromatic carbocycles. The van der Waals surface area contributed by atoms with Crippen molar-refractivity contribution < 1.29 is 9.90 Å². The van der Waals surface area contributed by atoms with E-state index < -0.39 is 0 Å². The second kappa shape index (κ2) is 3.01. The first-order valence-corrected chi connectivity index (χ1v) is 3.10. The van der Waals surface area contributed by atoms with E-state index in [4.69, 9.17) is 5.11 Å². The number of nitrogens with zero attached hydrogens (tertiary/aromatic N) is 1. The Balaban J connectivity index is 2.86. The highest BCUT2D eigenvalue weighted by Crippen LogP contribution is 2.19. The molecular formula is C7H8N2O2. The van der Waals surface area contributed by atoms with Crippen LogP contribution < -0.4 is 5.32 Å². The summed E-state index contributed by atoms with van der Waals surface area (Å²) in [5.41, 5.74) is 0.333. The van der Waals surface area contributed by atoms with Crippen LogP contribution in [0.5, 0.6) is 5.75 Å². The molecule has 1 amide bonds. The summed E-state index contributed by atoms with van der Waals surface area (Å²) in [4.78, 5) is 14.2. The van der Waals surface area contributed by atoms with Crippen molar-refractivity contribution >= 4 is 11.6 Å². The molecule has 1 aromatic rings. The number of hydrogen-bond acceptors (Lipinski definition) is 3. The van der Waals surface area contributed by atoms with Gasteiger partial charge in [0.2, 0.25) is 5.91 Å². The molecule has 0 atom stereocenters. The molecule has 58 valence electrons. The van der Waals surface area contributed by atoms with Gasteiger partial charge in [0, 0.05) is 19.2 Å². The van der Waals surface area contributed by atoms with Gasteiger partial charge in [0.1, 0.15) is 11.4 Å². The van der Waals surface area contributed by atoms with Gasteiger partial charge in [0.05, 0.1) is 6.20 Å². The van der Waals surface area contributed by atoms with Crippen LogP contribution >= 0.6 is 0 Å². The fourth-order valence-electron chi connectivity index (χ4n) is 0.673. The summed E-state index contributed by atoms with van der Waals surface area (Å²) in [7, 11) is 0. The lowest BCUT2D eigenvalue weighted by Crippen LogP contribution is -2.05. The Kier molecular flexibility index (Phi) is 2.06. The summed E-state index contributed by atoms with van der Waals surface area (Å²) in [6.45, 7) is 1.37. The van der Waals surface area contributed by atoms with E-state index in [0.29, 0.717) is 5.69 Å². The molecule has 1 rings (SSSR count). The van der Waals surface area contributed by atoms with Crippen LogP contribution in [0.4, 0.5) is 5.69 Å². The molecule has 0 spiro atoms. The van der Waals surface area contributed by atoms with Gasteiger partial charge in [0.15, 0.2) is 0 Å². The smallest absolute Gasteiger partial charge is 0.221 e. The average molecular weight is 152 g/mol. The Morgan fingerprint density at radius 1 is 1.73 bits per heavy atom. The highest BCUT2D eigenvalue weighted by Gasteiger charge is 1.99. The largest absolute Gasteiger partial charge is 0.506 e. The number of carbonyl (C=O) groups excluding carboxylic acids is 1. The van der Waals surface area contributed by atoms with E-state index in [0.717, 1.165) is 0 Å². The van der Waals surface area contributed by atoms with Crippen molar-refractivity contribution in [1.29, 1.82) is 0 Å². The summed E-state index contributed by atoms with van der Waals surface area (Å²) < 4.78 is 0. The van der Waals surface area contributed by atoms with Gasteiger partial charge in [-0.25, -0.2) is 0 Å². The zero-order valence-electron chi connectivity index (χ0n) is 6.03. The monoisotopic (exact) mass is 152 g/mol. The van der Waals surface area contributed by atoms with Crippen molar-refractivity contribution in [3.63, 3.8) is 0 Å². The summed E-state index contributed by atoms with van der Waals surface area (Å²) in [6.07, 6.45) is 2.83. The lowest BCUT2D eigenvalue weighted by atomic mass is 10.4. The van der Waals surface area contributed by atoms with Gasteiger partial charge in [0.25, 0.3) is 0 Å². The quantitative estimate of drug-likeness (QED) is 0.624. The zero-order valence-corrected chi connectivity index (χ0v) is 6.03. The Labute approximate surface area is 63.9 Å². The van der Waals surface area contributed by atoms with E-state index in [-0.39, 0.29) is 11.7 Å². The minimum Gasteiger partial charge on any atom is -0.506 e. The lowest BCUT2D eigenvalue weighted by molar-refractivity contribution is -0.114. The Bertz CT molecular complexity index is 273. The van der Waals surface area contributed by atoms with E-state index in [2.05, 4.69) is 10.3 Å². The molecule has 0 unspecified atom stereocenters. The van der Waals surface area contributed by atoms with Crippen LogP contribution in [0.15, 0.2) is 18.5 Å². The van der Waals surface area contributed by atoms with Gasteiger partial charge in [-0.05, 0) is 0 Å². The molecule has 0 radical (unpaired) electrons. The Morgan fingerprint density at radius 3 is 3.00 bits per heavy atom. The van der Waals surface area contributed by atoms with Crippen LogP contribution in [-0.2, 0) is 4.79 Å².